The zero-order valence-corrected chi connectivity index (χ0v) is 14.0. The van der Waals surface area contributed by atoms with Gasteiger partial charge in [0, 0.05) is 43.6 Å². The monoisotopic (exact) mass is 335 g/mol. The molecule has 0 amide bonds. The number of nitrogens with zero attached hydrogens (tertiary/aromatic N) is 4. The number of hydrogen-bond acceptors (Lipinski definition) is 6. The molecule has 1 unspecified atom stereocenters. The second kappa shape index (κ2) is 7.55. The first-order valence-electron chi connectivity index (χ1n) is 8.59. The smallest absolute Gasteiger partial charge is 0.240 e. The van der Waals surface area contributed by atoms with E-state index in [1.54, 1.807) is 12.4 Å². The highest BCUT2D eigenvalue weighted by molar-refractivity contribution is 5.51. The van der Waals surface area contributed by atoms with Gasteiger partial charge in [-0.15, -0.1) is 0 Å². The maximum absolute atomic E-state index is 5.34. The second-order valence-corrected chi connectivity index (χ2v) is 6.34. The van der Waals surface area contributed by atoms with E-state index >= 15 is 0 Å². The van der Waals surface area contributed by atoms with E-state index in [9.17, 15) is 0 Å². The van der Waals surface area contributed by atoms with Gasteiger partial charge in [0.15, 0.2) is 0 Å². The Labute approximate surface area is 146 Å². The van der Waals surface area contributed by atoms with E-state index in [0.29, 0.717) is 24.3 Å². The minimum atomic E-state index is 0.456. The Morgan fingerprint density at radius 2 is 2.08 bits per heavy atom. The summed E-state index contributed by atoms with van der Waals surface area (Å²) in [5.74, 6) is 1.20. The van der Waals surface area contributed by atoms with E-state index < -0.39 is 0 Å². The quantitative estimate of drug-likeness (QED) is 0.746. The summed E-state index contributed by atoms with van der Waals surface area (Å²) in [4.78, 5) is 11.0. The molecule has 1 aromatic carbocycles. The van der Waals surface area contributed by atoms with E-state index in [2.05, 4.69) is 55.7 Å². The highest BCUT2D eigenvalue weighted by Gasteiger charge is 2.22. The molecule has 1 saturated heterocycles. The van der Waals surface area contributed by atoms with Gasteiger partial charge in [0.2, 0.25) is 11.7 Å². The predicted octanol–water partition coefficient (Wildman–Crippen LogP) is 2.50. The van der Waals surface area contributed by atoms with Crippen LogP contribution in [0.15, 0.2) is 59.4 Å². The first-order chi connectivity index (χ1) is 12.4. The van der Waals surface area contributed by atoms with Gasteiger partial charge in [-0.05, 0) is 24.1 Å². The van der Waals surface area contributed by atoms with Crippen LogP contribution >= 0.6 is 0 Å². The Kier molecular flexibility index (Phi) is 4.81. The van der Waals surface area contributed by atoms with Gasteiger partial charge in [-0.3, -0.25) is 9.88 Å². The lowest BCUT2D eigenvalue weighted by molar-refractivity contribution is 0.314. The third kappa shape index (κ3) is 4.10. The molecular weight excluding hydrogens is 314 g/mol. The van der Waals surface area contributed by atoms with Crippen molar-refractivity contribution in [1.82, 2.24) is 25.3 Å². The standard InChI is InChI=1S/C19H21N5O/c1-2-5-15(6-3-1)13-24-10-8-17(14-24)21-12-18-22-19(23-25-18)16-7-4-9-20-11-16/h1-7,9,11,17,21H,8,10,12-14H2. The van der Waals surface area contributed by atoms with Gasteiger partial charge in [-0.1, -0.05) is 35.5 Å². The van der Waals surface area contributed by atoms with Crippen LogP contribution in [0.25, 0.3) is 11.4 Å². The van der Waals surface area contributed by atoms with E-state index in [4.69, 9.17) is 4.52 Å². The predicted molar refractivity (Wildman–Crippen MR) is 94.5 cm³/mol. The van der Waals surface area contributed by atoms with Crippen LogP contribution in [0.3, 0.4) is 0 Å². The number of rotatable bonds is 6. The Balaban J connectivity index is 1.27. The molecule has 0 bridgehead atoms. The topological polar surface area (TPSA) is 67.1 Å². The first kappa shape index (κ1) is 15.9. The van der Waals surface area contributed by atoms with E-state index in [0.717, 1.165) is 31.6 Å². The van der Waals surface area contributed by atoms with Gasteiger partial charge in [0.25, 0.3) is 0 Å². The Bertz CT molecular complexity index is 790. The molecule has 1 N–H and O–H groups in total. The Hall–Kier alpha value is -2.57. The molecule has 3 aromatic rings. The third-order valence-electron chi connectivity index (χ3n) is 4.45. The van der Waals surface area contributed by atoms with E-state index in [1.807, 2.05) is 12.1 Å². The molecule has 6 heteroatoms. The van der Waals surface area contributed by atoms with Crippen molar-refractivity contribution in [2.75, 3.05) is 13.1 Å². The molecule has 1 atom stereocenters. The van der Waals surface area contributed by atoms with Gasteiger partial charge in [-0.2, -0.15) is 4.98 Å². The van der Waals surface area contributed by atoms with Crippen LogP contribution in [0.5, 0.6) is 0 Å². The zero-order chi connectivity index (χ0) is 16.9. The minimum Gasteiger partial charge on any atom is -0.338 e. The van der Waals surface area contributed by atoms with Crippen molar-refractivity contribution in [2.24, 2.45) is 0 Å². The number of aromatic nitrogens is 3. The Morgan fingerprint density at radius 1 is 1.16 bits per heavy atom. The number of benzene rings is 1. The van der Waals surface area contributed by atoms with Crippen LogP contribution in [-0.2, 0) is 13.1 Å². The van der Waals surface area contributed by atoms with E-state index in [-0.39, 0.29) is 0 Å². The summed E-state index contributed by atoms with van der Waals surface area (Å²) in [6.07, 6.45) is 4.60. The lowest BCUT2D eigenvalue weighted by Crippen LogP contribution is -2.32. The molecule has 4 rings (SSSR count). The van der Waals surface area contributed by atoms with Crippen molar-refractivity contribution in [1.29, 1.82) is 0 Å². The third-order valence-corrected chi connectivity index (χ3v) is 4.45. The van der Waals surface area contributed by atoms with Gasteiger partial charge < -0.3 is 9.84 Å². The second-order valence-electron chi connectivity index (χ2n) is 6.34. The van der Waals surface area contributed by atoms with E-state index in [1.165, 1.54) is 5.56 Å². The zero-order valence-electron chi connectivity index (χ0n) is 14.0. The van der Waals surface area contributed by atoms with Crippen molar-refractivity contribution in [2.45, 2.75) is 25.6 Å². The Morgan fingerprint density at radius 3 is 2.92 bits per heavy atom. The molecule has 6 nitrogen and oxygen atoms in total. The van der Waals surface area contributed by atoms with Crippen LogP contribution in [-0.4, -0.2) is 39.2 Å². The molecule has 0 spiro atoms. The average molecular weight is 335 g/mol. The number of likely N-dealkylation sites (tertiary alicyclic amines) is 1. The van der Waals surface area contributed by atoms with Gasteiger partial charge in [0.1, 0.15) is 0 Å². The normalized spacial score (nSPS) is 17.8. The number of hydrogen-bond donors (Lipinski definition) is 1. The molecule has 0 radical (unpaired) electrons. The molecule has 2 aromatic heterocycles. The summed E-state index contributed by atoms with van der Waals surface area (Å²) in [6.45, 7) is 3.75. The molecule has 25 heavy (non-hydrogen) atoms. The molecule has 1 aliphatic heterocycles. The maximum atomic E-state index is 5.34. The number of pyridine rings is 1. The lowest BCUT2D eigenvalue weighted by Gasteiger charge is -2.16. The van der Waals surface area contributed by atoms with Crippen LogP contribution in [0.2, 0.25) is 0 Å². The summed E-state index contributed by atoms with van der Waals surface area (Å²) in [7, 11) is 0. The summed E-state index contributed by atoms with van der Waals surface area (Å²) in [5.41, 5.74) is 2.23. The van der Waals surface area contributed by atoms with Crippen molar-refractivity contribution < 1.29 is 4.52 Å². The van der Waals surface area contributed by atoms with Crippen molar-refractivity contribution in [3.05, 3.63) is 66.3 Å². The lowest BCUT2D eigenvalue weighted by atomic mass is 10.2. The molecular formula is C19H21N5O. The fourth-order valence-corrected chi connectivity index (χ4v) is 3.16. The van der Waals surface area contributed by atoms with Crippen LogP contribution in [0.1, 0.15) is 17.9 Å². The van der Waals surface area contributed by atoms with Gasteiger partial charge in [-0.25, -0.2) is 0 Å². The van der Waals surface area contributed by atoms with Crippen LogP contribution in [0, 0.1) is 0 Å². The summed E-state index contributed by atoms with van der Waals surface area (Å²) < 4.78 is 5.34. The molecule has 0 aliphatic carbocycles. The summed E-state index contributed by atoms with van der Waals surface area (Å²) >= 11 is 0. The van der Waals surface area contributed by atoms with Crippen LogP contribution in [0.4, 0.5) is 0 Å². The average Bonchev–Trinajstić information content (AvgIpc) is 3.31. The fraction of sp³-hybridized carbons (Fsp3) is 0.316. The fourth-order valence-electron chi connectivity index (χ4n) is 3.16. The van der Waals surface area contributed by atoms with Crippen molar-refractivity contribution >= 4 is 0 Å². The molecule has 3 heterocycles. The molecule has 128 valence electrons. The van der Waals surface area contributed by atoms with Crippen molar-refractivity contribution in [3.63, 3.8) is 0 Å². The SMILES string of the molecule is c1ccc(CN2CCC(NCc3nc(-c4cccnc4)no3)C2)cc1. The first-order valence-corrected chi connectivity index (χ1v) is 8.59. The highest BCUT2D eigenvalue weighted by atomic mass is 16.5. The summed E-state index contributed by atoms with van der Waals surface area (Å²) in [5, 5.41) is 7.55. The molecule has 1 fully saturated rings. The van der Waals surface area contributed by atoms with Gasteiger partial charge >= 0.3 is 0 Å². The maximum Gasteiger partial charge on any atom is 0.240 e. The minimum absolute atomic E-state index is 0.456. The van der Waals surface area contributed by atoms with Crippen molar-refractivity contribution in [3.8, 4) is 11.4 Å². The number of nitrogens with one attached hydrogen (secondary N) is 1. The molecule has 0 saturated carbocycles. The van der Waals surface area contributed by atoms with Gasteiger partial charge in [0.05, 0.1) is 6.54 Å². The highest BCUT2D eigenvalue weighted by Crippen LogP contribution is 2.16. The molecule has 1 aliphatic rings. The largest absolute Gasteiger partial charge is 0.338 e. The van der Waals surface area contributed by atoms with Crippen LogP contribution < -0.4 is 5.32 Å². The summed E-state index contributed by atoms with van der Waals surface area (Å²) in [6, 6.07) is 14.8.